The fourth-order valence-electron chi connectivity index (χ4n) is 3.18. The smallest absolute Gasteiger partial charge is 0.163 e. The van der Waals surface area contributed by atoms with Crippen LogP contribution in [0.5, 0.6) is 0 Å². The van der Waals surface area contributed by atoms with Crippen LogP contribution in [0, 0.1) is 0 Å². The molecule has 0 aromatic carbocycles. The second-order valence-corrected chi connectivity index (χ2v) is 9.03. The maximum Gasteiger partial charge on any atom is 0.163 e. The molecule has 0 spiro atoms. The summed E-state index contributed by atoms with van der Waals surface area (Å²) in [7, 11) is 1.65. The van der Waals surface area contributed by atoms with E-state index in [9.17, 15) is 0 Å². The van der Waals surface area contributed by atoms with Gasteiger partial charge in [0.2, 0.25) is 0 Å². The van der Waals surface area contributed by atoms with Crippen molar-refractivity contribution < 1.29 is 61.6 Å². The predicted molar refractivity (Wildman–Crippen MR) is 145 cm³/mol. The first-order chi connectivity index (χ1) is 19.6. The molecule has 1 saturated heterocycles. The standard InChI is InChI=1S/C27H54O13/c1-27(2)39-25-26(40-27)24-38-23-22-37-21-20-36-19-18-35-17-16-34-15-14-33-13-12-32-11-10-31-9-8-30-7-6-29-5-4-28-3/h26H,4-25H2,1-3H3. The molecule has 0 N–H and O–H groups in total. The fraction of sp³-hybridized carbons (Fsp3) is 1.00. The van der Waals surface area contributed by atoms with Crippen LogP contribution < -0.4 is 0 Å². The molecule has 1 heterocycles. The van der Waals surface area contributed by atoms with Crippen LogP contribution >= 0.6 is 0 Å². The maximum absolute atomic E-state index is 5.67. The second kappa shape index (κ2) is 28.6. The minimum atomic E-state index is -0.514. The Labute approximate surface area is 240 Å². The van der Waals surface area contributed by atoms with Crippen molar-refractivity contribution in [1.82, 2.24) is 0 Å². The van der Waals surface area contributed by atoms with Crippen LogP contribution in [0.25, 0.3) is 0 Å². The van der Waals surface area contributed by atoms with E-state index in [-0.39, 0.29) is 6.10 Å². The first-order valence-corrected chi connectivity index (χ1v) is 14.2. The molecule has 0 aromatic heterocycles. The zero-order valence-corrected chi connectivity index (χ0v) is 24.9. The lowest BCUT2D eigenvalue weighted by Crippen LogP contribution is -2.24. The lowest BCUT2D eigenvalue weighted by molar-refractivity contribution is -0.145. The molecule has 0 radical (unpaired) electrons. The van der Waals surface area contributed by atoms with E-state index in [1.165, 1.54) is 0 Å². The molecule has 0 aromatic rings. The summed E-state index contributed by atoms with van der Waals surface area (Å²) in [5, 5.41) is 0. The van der Waals surface area contributed by atoms with Crippen molar-refractivity contribution in [3.8, 4) is 0 Å². The molecule has 1 aliphatic heterocycles. The zero-order chi connectivity index (χ0) is 28.8. The SMILES string of the molecule is COCCOCCOCCOCCOCCOCCOCCOCCOCCOCCOCC1COC(C)(C)O1. The minimum absolute atomic E-state index is 0.0141. The molecule has 13 nitrogen and oxygen atoms in total. The van der Waals surface area contributed by atoms with Crippen molar-refractivity contribution in [2.45, 2.75) is 25.7 Å². The average Bonchev–Trinajstić information content (AvgIpc) is 3.30. The van der Waals surface area contributed by atoms with Crippen LogP contribution in [0.1, 0.15) is 13.8 Å². The summed E-state index contributed by atoms with van der Waals surface area (Å²) in [4.78, 5) is 0. The lowest BCUT2D eigenvalue weighted by atomic mass is 10.4. The highest BCUT2D eigenvalue weighted by molar-refractivity contribution is 4.70. The third-order valence-corrected chi connectivity index (χ3v) is 5.15. The zero-order valence-electron chi connectivity index (χ0n) is 24.9. The van der Waals surface area contributed by atoms with Gasteiger partial charge in [-0.05, 0) is 13.8 Å². The van der Waals surface area contributed by atoms with Crippen molar-refractivity contribution in [2.75, 3.05) is 152 Å². The Bertz CT molecular complexity index is 513. The molecule has 1 rings (SSSR count). The van der Waals surface area contributed by atoms with E-state index in [0.29, 0.717) is 145 Å². The molecule has 1 atom stereocenters. The maximum atomic E-state index is 5.67. The molecule has 40 heavy (non-hydrogen) atoms. The summed E-state index contributed by atoms with van der Waals surface area (Å²) < 4.78 is 70.5. The van der Waals surface area contributed by atoms with Gasteiger partial charge in [-0.2, -0.15) is 0 Å². The van der Waals surface area contributed by atoms with Gasteiger partial charge in [-0.25, -0.2) is 0 Å². The average molecular weight is 587 g/mol. The van der Waals surface area contributed by atoms with Gasteiger partial charge in [-0.15, -0.1) is 0 Å². The van der Waals surface area contributed by atoms with Gasteiger partial charge in [-0.3, -0.25) is 0 Å². The van der Waals surface area contributed by atoms with E-state index in [1.54, 1.807) is 7.11 Å². The van der Waals surface area contributed by atoms with Crippen LogP contribution in [0.2, 0.25) is 0 Å². The molecule has 0 bridgehead atoms. The summed E-state index contributed by atoms with van der Waals surface area (Å²) in [6.45, 7) is 15.5. The lowest BCUT2D eigenvalue weighted by Gasteiger charge is -2.17. The molecular formula is C27H54O13. The molecular weight excluding hydrogens is 532 g/mol. The van der Waals surface area contributed by atoms with Gasteiger partial charge in [0.1, 0.15) is 6.10 Å². The van der Waals surface area contributed by atoms with Crippen LogP contribution in [-0.4, -0.2) is 164 Å². The largest absolute Gasteiger partial charge is 0.382 e. The first kappa shape index (κ1) is 37.5. The third-order valence-electron chi connectivity index (χ3n) is 5.15. The monoisotopic (exact) mass is 586 g/mol. The van der Waals surface area contributed by atoms with E-state index in [2.05, 4.69) is 0 Å². The van der Waals surface area contributed by atoms with Crippen LogP contribution in [0.4, 0.5) is 0 Å². The van der Waals surface area contributed by atoms with Crippen molar-refractivity contribution in [1.29, 1.82) is 0 Å². The van der Waals surface area contributed by atoms with E-state index < -0.39 is 5.79 Å². The Balaban J connectivity index is 1.62. The van der Waals surface area contributed by atoms with Crippen molar-refractivity contribution in [3.05, 3.63) is 0 Å². The highest BCUT2D eigenvalue weighted by Gasteiger charge is 2.32. The molecule has 13 heteroatoms. The molecule has 0 saturated carbocycles. The quantitative estimate of drug-likeness (QED) is 0.104. The highest BCUT2D eigenvalue weighted by atomic mass is 16.7. The molecule has 0 aliphatic carbocycles. The van der Waals surface area contributed by atoms with E-state index in [4.69, 9.17) is 61.6 Å². The predicted octanol–water partition coefficient (Wildman–Crippen LogP) is 0.950. The van der Waals surface area contributed by atoms with E-state index in [0.717, 1.165) is 0 Å². The Morgan fingerprint density at radius 1 is 0.450 bits per heavy atom. The Hall–Kier alpha value is -0.520. The normalized spacial score (nSPS) is 16.7. The van der Waals surface area contributed by atoms with Crippen molar-refractivity contribution >= 4 is 0 Å². The van der Waals surface area contributed by atoms with E-state index >= 15 is 0 Å². The molecule has 1 unspecified atom stereocenters. The molecule has 0 amide bonds. The Kier molecular flexibility index (Phi) is 26.8. The van der Waals surface area contributed by atoms with Gasteiger partial charge in [-0.1, -0.05) is 0 Å². The highest BCUT2D eigenvalue weighted by Crippen LogP contribution is 2.22. The van der Waals surface area contributed by atoms with E-state index in [1.807, 2.05) is 13.8 Å². The first-order valence-electron chi connectivity index (χ1n) is 14.2. The number of methoxy groups -OCH3 is 1. The summed E-state index contributed by atoms with van der Waals surface area (Å²) in [5.41, 5.74) is 0. The third kappa shape index (κ3) is 26.4. The second-order valence-electron chi connectivity index (χ2n) is 9.03. The van der Waals surface area contributed by atoms with Gasteiger partial charge < -0.3 is 61.6 Å². The van der Waals surface area contributed by atoms with Gasteiger partial charge in [0.05, 0.1) is 145 Å². The van der Waals surface area contributed by atoms with Gasteiger partial charge in [0.15, 0.2) is 5.79 Å². The Morgan fingerprint density at radius 3 is 0.975 bits per heavy atom. The van der Waals surface area contributed by atoms with Gasteiger partial charge >= 0.3 is 0 Å². The van der Waals surface area contributed by atoms with Crippen LogP contribution in [-0.2, 0) is 61.6 Å². The van der Waals surface area contributed by atoms with Gasteiger partial charge in [0, 0.05) is 7.11 Å². The number of ether oxygens (including phenoxy) is 13. The molecule has 1 fully saturated rings. The number of hydrogen-bond donors (Lipinski definition) is 0. The summed E-state index contributed by atoms with van der Waals surface area (Å²) >= 11 is 0. The summed E-state index contributed by atoms with van der Waals surface area (Å²) in [6.07, 6.45) is -0.0141. The number of rotatable bonds is 32. The molecule has 240 valence electrons. The van der Waals surface area contributed by atoms with Crippen LogP contribution in [0.3, 0.4) is 0 Å². The van der Waals surface area contributed by atoms with Crippen LogP contribution in [0.15, 0.2) is 0 Å². The van der Waals surface area contributed by atoms with Gasteiger partial charge in [0.25, 0.3) is 0 Å². The minimum Gasteiger partial charge on any atom is -0.382 e. The van der Waals surface area contributed by atoms with Crippen molar-refractivity contribution in [3.63, 3.8) is 0 Å². The van der Waals surface area contributed by atoms with Crippen molar-refractivity contribution in [2.24, 2.45) is 0 Å². The number of hydrogen-bond acceptors (Lipinski definition) is 13. The fourth-order valence-corrected chi connectivity index (χ4v) is 3.18. The summed E-state index contributed by atoms with van der Waals surface area (Å²) in [6, 6.07) is 0. The topological polar surface area (TPSA) is 120 Å². The molecule has 1 aliphatic rings. The Morgan fingerprint density at radius 2 is 0.725 bits per heavy atom. The summed E-state index contributed by atoms with van der Waals surface area (Å²) in [5.74, 6) is -0.514.